The molecule has 0 fully saturated rings. The highest BCUT2D eigenvalue weighted by molar-refractivity contribution is 5.75. The number of imidazole rings is 1. The summed E-state index contributed by atoms with van der Waals surface area (Å²) in [6.45, 7) is 2.87. The SMILES string of the molecule is CNCCNCc1ccc2c(c1)ncn2C. The van der Waals surface area contributed by atoms with Crippen molar-refractivity contribution in [3.8, 4) is 0 Å². The largest absolute Gasteiger partial charge is 0.334 e. The minimum absolute atomic E-state index is 0.897. The van der Waals surface area contributed by atoms with Crippen LogP contribution in [0.25, 0.3) is 11.0 Å². The highest BCUT2D eigenvalue weighted by Crippen LogP contribution is 2.13. The summed E-state index contributed by atoms with van der Waals surface area (Å²) in [6.07, 6.45) is 1.85. The van der Waals surface area contributed by atoms with E-state index in [-0.39, 0.29) is 0 Å². The second-order valence-electron chi connectivity index (χ2n) is 3.96. The minimum atomic E-state index is 0.897. The van der Waals surface area contributed by atoms with Gasteiger partial charge >= 0.3 is 0 Å². The molecule has 86 valence electrons. The van der Waals surface area contributed by atoms with Crippen molar-refractivity contribution < 1.29 is 0 Å². The number of nitrogens with one attached hydrogen (secondary N) is 2. The first-order valence-corrected chi connectivity index (χ1v) is 5.56. The lowest BCUT2D eigenvalue weighted by Crippen LogP contribution is -2.24. The molecule has 0 saturated carbocycles. The zero-order chi connectivity index (χ0) is 11.4. The molecule has 2 rings (SSSR count). The van der Waals surface area contributed by atoms with E-state index in [4.69, 9.17) is 0 Å². The third kappa shape index (κ3) is 2.40. The van der Waals surface area contributed by atoms with Crippen molar-refractivity contribution in [3.05, 3.63) is 30.1 Å². The standard InChI is InChI=1S/C12H18N4/c1-13-5-6-14-8-10-3-4-12-11(7-10)15-9-16(12)2/h3-4,7,9,13-14H,5-6,8H2,1-2H3. The van der Waals surface area contributed by atoms with E-state index in [1.54, 1.807) is 0 Å². The van der Waals surface area contributed by atoms with Gasteiger partial charge in [-0.2, -0.15) is 0 Å². The molecule has 0 unspecified atom stereocenters. The lowest BCUT2D eigenvalue weighted by molar-refractivity contribution is 0.651. The van der Waals surface area contributed by atoms with Crippen LogP contribution in [-0.4, -0.2) is 29.7 Å². The molecule has 0 amide bonds. The zero-order valence-corrected chi connectivity index (χ0v) is 9.83. The van der Waals surface area contributed by atoms with Crippen molar-refractivity contribution >= 4 is 11.0 Å². The molecule has 2 aromatic rings. The molecule has 0 aliphatic carbocycles. The molecule has 0 saturated heterocycles. The Kier molecular flexibility index (Phi) is 3.54. The number of aryl methyl sites for hydroxylation is 1. The number of aromatic nitrogens is 2. The lowest BCUT2D eigenvalue weighted by Gasteiger charge is -2.04. The fourth-order valence-electron chi connectivity index (χ4n) is 1.74. The molecule has 16 heavy (non-hydrogen) atoms. The number of fused-ring (bicyclic) bond motifs is 1. The molecule has 0 radical (unpaired) electrons. The summed E-state index contributed by atoms with van der Waals surface area (Å²) in [5.41, 5.74) is 3.52. The third-order valence-electron chi connectivity index (χ3n) is 2.67. The molecular formula is C12H18N4. The Morgan fingerprint density at radius 1 is 1.31 bits per heavy atom. The maximum atomic E-state index is 4.35. The van der Waals surface area contributed by atoms with Gasteiger partial charge in [0.05, 0.1) is 17.4 Å². The lowest BCUT2D eigenvalue weighted by atomic mass is 10.2. The molecule has 1 aromatic heterocycles. The van der Waals surface area contributed by atoms with Gasteiger partial charge in [0.1, 0.15) is 0 Å². The molecule has 1 aromatic carbocycles. The topological polar surface area (TPSA) is 41.9 Å². The zero-order valence-electron chi connectivity index (χ0n) is 9.83. The van der Waals surface area contributed by atoms with E-state index in [1.807, 2.05) is 25.0 Å². The summed E-state index contributed by atoms with van der Waals surface area (Å²) in [7, 11) is 3.97. The van der Waals surface area contributed by atoms with Gasteiger partial charge < -0.3 is 15.2 Å². The van der Waals surface area contributed by atoms with Crippen molar-refractivity contribution in [1.82, 2.24) is 20.2 Å². The van der Waals surface area contributed by atoms with Gasteiger partial charge in [0, 0.05) is 26.7 Å². The smallest absolute Gasteiger partial charge is 0.0955 e. The molecule has 0 aliphatic rings. The van der Waals surface area contributed by atoms with Gasteiger partial charge in [0.15, 0.2) is 0 Å². The van der Waals surface area contributed by atoms with Crippen LogP contribution in [0.2, 0.25) is 0 Å². The van der Waals surface area contributed by atoms with E-state index in [0.717, 1.165) is 25.2 Å². The summed E-state index contributed by atoms with van der Waals surface area (Å²) in [5.74, 6) is 0. The average molecular weight is 218 g/mol. The first-order valence-electron chi connectivity index (χ1n) is 5.56. The van der Waals surface area contributed by atoms with E-state index in [2.05, 4.69) is 33.8 Å². The maximum Gasteiger partial charge on any atom is 0.0955 e. The highest BCUT2D eigenvalue weighted by Gasteiger charge is 2.00. The summed E-state index contributed by atoms with van der Waals surface area (Å²) >= 11 is 0. The monoisotopic (exact) mass is 218 g/mol. The third-order valence-corrected chi connectivity index (χ3v) is 2.67. The fourth-order valence-corrected chi connectivity index (χ4v) is 1.74. The van der Waals surface area contributed by atoms with Gasteiger partial charge in [0.2, 0.25) is 0 Å². The van der Waals surface area contributed by atoms with Gasteiger partial charge in [-0.05, 0) is 24.7 Å². The fraction of sp³-hybridized carbons (Fsp3) is 0.417. The highest BCUT2D eigenvalue weighted by atomic mass is 15.0. The number of hydrogen-bond donors (Lipinski definition) is 2. The number of benzene rings is 1. The van der Waals surface area contributed by atoms with E-state index < -0.39 is 0 Å². The van der Waals surface area contributed by atoms with Crippen LogP contribution in [0, 0.1) is 0 Å². The average Bonchev–Trinajstić information content (AvgIpc) is 2.66. The first kappa shape index (κ1) is 11.1. The molecule has 0 atom stereocenters. The van der Waals surface area contributed by atoms with E-state index in [9.17, 15) is 0 Å². The Balaban J connectivity index is 2.02. The normalized spacial score (nSPS) is 11.1. The summed E-state index contributed by atoms with van der Waals surface area (Å²) in [5, 5.41) is 6.49. The minimum Gasteiger partial charge on any atom is -0.334 e. The quantitative estimate of drug-likeness (QED) is 0.732. The number of nitrogens with zero attached hydrogens (tertiary/aromatic N) is 2. The second-order valence-corrected chi connectivity index (χ2v) is 3.96. The van der Waals surface area contributed by atoms with Crippen LogP contribution in [0.5, 0.6) is 0 Å². The van der Waals surface area contributed by atoms with Gasteiger partial charge in [-0.1, -0.05) is 6.07 Å². The van der Waals surface area contributed by atoms with Gasteiger partial charge in [-0.15, -0.1) is 0 Å². The van der Waals surface area contributed by atoms with Crippen LogP contribution in [-0.2, 0) is 13.6 Å². The second kappa shape index (κ2) is 5.09. The van der Waals surface area contributed by atoms with Gasteiger partial charge in [-0.3, -0.25) is 0 Å². The van der Waals surface area contributed by atoms with E-state index in [0.29, 0.717) is 0 Å². The summed E-state index contributed by atoms with van der Waals surface area (Å²) in [6, 6.07) is 6.41. The Bertz CT molecular complexity index is 461. The van der Waals surface area contributed by atoms with Gasteiger partial charge in [-0.25, -0.2) is 4.98 Å². The number of likely N-dealkylation sites (N-methyl/N-ethyl adjacent to an activating group) is 1. The maximum absolute atomic E-state index is 4.35. The van der Waals surface area contributed by atoms with Crippen LogP contribution < -0.4 is 10.6 Å². The van der Waals surface area contributed by atoms with Crippen molar-refractivity contribution in [2.45, 2.75) is 6.54 Å². The molecule has 0 bridgehead atoms. The summed E-state index contributed by atoms with van der Waals surface area (Å²) in [4.78, 5) is 4.35. The van der Waals surface area contributed by atoms with Crippen molar-refractivity contribution in [3.63, 3.8) is 0 Å². The number of hydrogen-bond acceptors (Lipinski definition) is 3. The molecule has 0 spiro atoms. The predicted molar refractivity (Wildman–Crippen MR) is 66.3 cm³/mol. The first-order chi connectivity index (χ1) is 7.81. The Morgan fingerprint density at radius 3 is 3.00 bits per heavy atom. The van der Waals surface area contributed by atoms with E-state index >= 15 is 0 Å². The molecular weight excluding hydrogens is 200 g/mol. The molecule has 4 heteroatoms. The van der Waals surface area contributed by atoms with Gasteiger partial charge in [0.25, 0.3) is 0 Å². The Morgan fingerprint density at radius 2 is 2.19 bits per heavy atom. The van der Waals surface area contributed by atoms with Crippen molar-refractivity contribution in [2.24, 2.45) is 7.05 Å². The van der Waals surface area contributed by atoms with E-state index in [1.165, 1.54) is 11.1 Å². The Labute approximate surface area is 95.7 Å². The van der Waals surface area contributed by atoms with Crippen molar-refractivity contribution in [1.29, 1.82) is 0 Å². The molecule has 2 N–H and O–H groups in total. The van der Waals surface area contributed by atoms with Crippen molar-refractivity contribution in [2.75, 3.05) is 20.1 Å². The molecule has 4 nitrogen and oxygen atoms in total. The van der Waals surface area contributed by atoms with Crippen LogP contribution in [0.15, 0.2) is 24.5 Å². The van der Waals surface area contributed by atoms with Crippen LogP contribution in [0.3, 0.4) is 0 Å². The predicted octanol–water partition coefficient (Wildman–Crippen LogP) is 0.882. The molecule has 1 heterocycles. The molecule has 0 aliphatic heterocycles. The van der Waals surface area contributed by atoms with Crippen LogP contribution in [0.4, 0.5) is 0 Å². The summed E-state index contributed by atoms with van der Waals surface area (Å²) < 4.78 is 2.04. The van der Waals surface area contributed by atoms with Crippen LogP contribution >= 0.6 is 0 Å². The number of rotatable bonds is 5. The van der Waals surface area contributed by atoms with Crippen LogP contribution in [0.1, 0.15) is 5.56 Å². The Hall–Kier alpha value is -1.39.